The minimum absolute atomic E-state index is 0.143. The van der Waals surface area contributed by atoms with Gasteiger partial charge in [-0.05, 0) is 50.4 Å². The lowest BCUT2D eigenvalue weighted by Crippen LogP contribution is -2.22. The van der Waals surface area contributed by atoms with E-state index in [2.05, 4.69) is 43.4 Å². The van der Waals surface area contributed by atoms with Gasteiger partial charge in [-0.15, -0.1) is 0 Å². The summed E-state index contributed by atoms with van der Waals surface area (Å²) < 4.78 is 11.1. The number of nitrogens with one attached hydrogen (secondary N) is 1. The number of hydrogen-bond donors (Lipinski definition) is 1. The molecule has 0 saturated heterocycles. The Bertz CT molecular complexity index is 362. The van der Waals surface area contributed by atoms with Crippen LogP contribution in [0.3, 0.4) is 0 Å². The molecule has 0 amide bonds. The lowest BCUT2D eigenvalue weighted by atomic mass is 10.1. The molecule has 0 saturated carbocycles. The van der Waals surface area contributed by atoms with E-state index in [9.17, 15) is 0 Å². The largest absolute Gasteiger partial charge is 0.379 e. The van der Waals surface area contributed by atoms with E-state index in [0.717, 1.165) is 26.1 Å². The molecule has 1 N–H and O–H groups in total. The fourth-order valence-corrected chi connectivity index (χ4v) is 2.00. The summed E-state index contributed by atoms with van der Waals surface area (Å²) in [6.45, 7) is 12.7. The Hall–Kier alpha value is -0.900. The van der Waals surface area contributed by atoms with Crippen LogP contribution in [0, 0.1) is 5.92 Å². The molecule has 0 bridgehead atoms. The zero-order valence-electron chi connectivity index (χ0n) is 14.0. The van der Waals surface area contributed by atoms with E-state index >= 15 is 0 Å². The summed E-state index contributed by atoms with van der Waals surface area (Å²) >= 11 is 0. The Morgan fingerprint density at radius 3 is 2.33 bits per heavy atom. The van der Waals surface area contributed by atoms with Gasteiger partial charge in [0.25, 0.3) is 0 Å². The molecule has 0 radical (unpaired) electrons. The van der Waals surface area contributed by atoms with Crippen molar-refractivity contribution in [2.45, 2.75) is 46.8 Å². The van der Waals surface area contributed by atoms with E-state index in [1.54, 1.807) is 0 Å². The molecule has 3 heteroatoms. The summed E-state index contributed by atoms with van der Waals surface area (Å²) in [4.78, 5) is 0. The minimum Gasteiger partial charge on any atom is -0.379 e. The summed E-state index contributed by atoms with van der Waals surface area (Å²) in [7, 11) is 0. The van der Waals surface area contributed by atoms with Crippen LogP contribution in [0.2, 0.25) is 0 Å². The van der Waals surface area contributed by atoms with Crippen molar-refractivity contribution in [2.75, 3.05) is 26.3 Å². The van der Waals surface area contributed by atoms with E-state index in [-0.39, 0.29) is 6.10 Å². The van der Waals surface area contributed by atoms with Gasteiger partial charge in [0.1, 0.15) is 0 Å². The first-order chi connectivity index (χ1) is 10.1. The topological polar surface area (TPSA) is 30.5 Å². The van der Waals surface area contributed by atoms with Crippen LogP contribution in [0.4, 0.5) is 0 Å². The fourth-order valence-electron chi connectivity index (χ4n) is 2.00. The van der Waals surface area contributed by atoms with Crippen LogP contribution in [0.15, 0.2) is 24.3 Å². The third-order valence-corrected chi connectivity index (χ3v) is 3.26. The number of rotatable bonds is 11. The highest BCUT2D eigenvalue weighted by molar-refractivity contribution is 5.22. The molecular weight excluding hydrogens is 262 g/mol. The first kappa shape index (κ1) is 18.1. The third kappa shape index (κ3) is 8.86. The maximum absolute atomic E-state index is 5.76. The predicted octanol–water partition coefficient (Wildman–Crippen LogP) is 3.42. The van der Waals surface area contributed by atoms with E-state index in [4.69, 9.17) is 9.47 Å². The van der Waals surface area contributed by atoms with E-state index in [1.807, 2.05) is 13.8 Å². The highest BCUT2D eigenvalue weighted by Crippen LogP contribution is 2.08. The average Bonchev–Trinajstić information content (AvgIpc) is 2.48. The summed E-state index contributed by atoms with van der Waals surface area (Å²) in [6, 6.07) is 8.71. The zero-order valence-corrected chi connectivity index (χ0v) is 14.0. The van der Waals surface area contributed by atoms with Crippen LogP contribution < -0.4 is 5.32 Å². The predicted molar refractivity (Wildman–Crippen MR) is 88.6 cm³/mol. The molecule has 0 aliphatic carbocycles. The highest BCUT2D eigenvalue weighted by Gasteiger charge is 2.02. The van der Waals surface area contributed by atoms with Crippen molar-refractivity contribution < 1.29 is 9.47 Å². The van der Waals surface area contributed by atoms with Crippen LogP contribution in [-0.4, -0.2) is 32.4 Å². The van der Waals surface area contributed by atoms with Gasteiger partial charge in [0, 0.05) is 6.61 Å². The van der Waals surface area contributed by atoms with E-state index in [0.29, 0.717) is 19.1 Å². The van der Waals surface area contributed by atoms with E-state index < -0.39 is 0 Å². The van der Waals surface area contributed by atoms with Crippen molar-refractivity contribution in [3.8, 4) is 0 Å². The van der Waals surface area contributed by atoms with Gasteiger partial charge in [-0.1, -0.05) is 38.1 Å². The van der Waals surface area contributed by atoms with Gasteiger partial charge in [0.05, 0.1) is 19.3 Å². The van der Waals surface area contributed by atoms with Crippen LogP contribution >= 0.6 is 0 Å². The van der Waals surface area contributed by atoms with Gasteiger partial charge in [-0.3, -0.25) is 0 Å². The Balaban J connectivity index is 2.23. The van der Waals surface area contributed by atoms with Crippen LogP contribution in [-0.2, 0) is 22.5 Å². The Morgan fingerprint density at radius 1 is 1.05 bits per heavy atom. The maximum atomic E-state index is 5.76. The molecule has 0 aliphatic heterocycles. The van der Waals surface area contributed by atoms with Gasteiger partial charge < -0.3 is 14.8 Å². The van der Waals surface area contributed by atoms with Crippen LogP contribution in [0.5, 0.6) is 0 Å². The Labute approximate surface area is 130 Å². The standard InChI is InChI=1S/C18H31NO2/c1-5-20-13-16(4)21-14-18-8-6-17(7-9-18)10-11-19-12-15(2)3/h6-9,15-16,19H,5,10-14H2,1-4H3. The van der Waals surface area contributed by atoms with Crippen molar-refractivity contribution in [3.63, 3.8) is 0 Å². The third-order valence-electron chi connectivity index (χ3n) is 3.26. The normalized spacial score (nSPS) is 12.8. The number of ether oxygens (including phenoxy) is 2. The van der Waals surface area contributed by atoms with Gasteiger partial charge >= 0.3 is 0 Å². The number of benzene rings is 1. The molecule has 0 fully saturated rings. The molecule has 1 rings (SSSR count). The molecule has 0 aliphatic rings. The quantitative estimate of drug-likeness (QED) is 0.634. The van der Waals surface area contributed by atoms with Crippen molar-refractivity contribution in [3.05, 3.63) is 35.4 Å². The second-order valence-electron chi connectivity index (χ2n) is 5.95. The molecule has 0 spiro atoms. The first-order valence-corrected chi connectivity index (χ1v) is 8.09. The Kier molecular flexibility index (Phi) is 9.31. The zero-order chi connectivity index (χ0) is 15.5. The highest BCUT2D eigenvalue weighted by atomic mass is 16.5. The SMILES string of the molecule is CCOCC(C)OCc1ccc(CCNCC(C)C)cc1. The molecule has 1 aromatic rings. The lowest BCUT2D eigenvalue weighted by molar-refractivity contribution is -0.0116. The first-order valence-electron chi connectivity index (χ1n) is 8.09. The van der Waals surface area contributed by atoms with Crippen molar-refractivity contribution in [1.29, 1.82) is 0 Å². The van der Waals surface area contributed by atoms with Crippen LogP contribution in [0.1, 0.15) is 38.8 Å². The van der Waals surface area contributed by atoms with E-state index in [1.165, 1.54) is 11.1 Å². The molecule has 0 aromatic heterocycles. The molecule has 1 aromatic carbocycles. The second kappa shape index (κ2) is 10.8. The molecule has 1 unspecified atom stereocenters. The number of hydrogen-bond acceptors (Lipinski definition) is 3. The van der Waals surface area contributed by atoms with Crippen molar-refractivity contribution in [1.82, 2.24) is 5.32 Å². The van der Waals surface area contributed by atoms with Crippen molar-refractivity contribution in [2.24, 2.45) is 5.92 Å². The summed E-state index contributed by atoms with van der Waals surface area (Å²) in [6.07, 6.45) is 1.22. The Morgan fingerprint density at radius 2 is 1.71 bits per heavy atom. The minimum atomic E-state index is 0.143. The second-order valence-corrected chi connectivity index (χ2v) is 5.95. The van der Waals surface area contributed by atoms with Gasteiger partial charge in [-0.2, -0.15) is 0 Å². The van der Waals surface area contributed by atoms with Gasteiger partial charge in [0.15, 0.2) is 0 Å². The average molecular weight is 293 g/mol. The molecule has 0 heterocycles. The molecule has 120 valence electrons. The fraction of sp³-hybridized carbons (Fsp3) is 0.667. The van der Waals surface area contributed by atoms with Crippen molar-refractivity contribution >= 4 is 0 Å². The smallest absolute Gasteiger partial charge is 0.0785 e. The summed E-state index contributed by atoms with van der Waals surface area (Å²) in [5, 5.41) is 3.47. The molecule has 21 heavy (non-hydrogen) atoms. The molecule has 1 atom stereocenters. The van der Waals surface area contributed by atoms with Gasteiger partial charge in [0.2, 0.25) is 0 Å². The summed E-state index contributed by atoms with van der Waals surface area (Å²) in [5.74, 6) is 0.711. The summed E-state index contributed by atoms with van der Waals surface area (Å²) in [5.41, 5.74) is 2.59. The molecular formula is C18H31NO2. The van der Waals surface area contributed by atoms with Crippen LogP contribution in [0.25, 0.3) is 0 Å². The monoisotopic (exact) mass is 293 g/mol. The lowest BCUT2D eigenvalue weighted by Gasteiger charge is -2.13. The van der Waals surface area contributed by atoms with Gasteiger partial charge in [-0.25, -0.2) is 0 Å². The maximum Gasteiger partial charge on any atom is 0.0785 e. The molecule has 3 nitrogen and oxygen atoms in total.